The highest BCUT2D eigenvalue weighted by Crippen LogP contribution is 2.28. The minimum absolute atomic E-state index is 0.0965. The Morgan fingerprint density at radius 1 is 1.10 bits per heavy atom. The first kappa shape index (κ1) is 21.3. The Labute approximate surface area is 182 Å². The van der Waals surface area contributed by atoms with Crippen LogP contribution in [0.15, 0.2) is 42.5 Å². The van der Waals surface area contributed by atoms with Crippen molar-refractivity contribution < 1.29 is 14.0 Å². The molecule has 2 aromatic rings. The van der Waals surface area contributed by atoms with Crippen LogP contribution in [0.2, 0.25) is 0 Å². The molecule has 0 radical (unpaired) electrons. The van der Waals surface area contributed by atoms with E-state index in [4.69, 9.17) is 0 Å². The molecule has 0 spiro atoms. The molecule has 0 aliphatic carbocycles. The maximum Gasteiger partial charge on any atom is 0.227 e. The number of benzene rings is 2. The first-order valence-corrected chi connectivity index (χ1v) is 10.8. The van der Waals surface area contributed by atoms with E-state index in [0.717, 1.165) is 43.0 Å². The van der Waals surface area contributed by atoms with Gasteiger partial charge in [0.15, 0.2) is 0 Å². The molecule has 0 bridgehead atoms. The minimum Gasteiger partial charge on any atom is -0.369 e. The minimum atomic E-state index is -0.482. The molecule has 4 rings (SSSR count). The van der Waals surface area contributed by atoms with Gasteiger partial charge < -0.3 is 20.0 Å². The lowest BCUT2D eigenvalue weighted by molar-refractivity contribution is -0.126. The van der Waals surface area contributed by atoms with Crippen LogP contribution in [0.5, 0.6) is 0 Å². The van der Waals surface area contributed by atoms with Gasteiger partial charge in [0.05, 0.1) is 11.6 Å². The number of likely N-dealkylation sites (N-methyl/N-ethyl adjacent to an activating group) is 1. The predicted molar refractivity (Wildman–Crippen MR) is 120 cm³/mol. The Morgan fingerprint density at radius 2 is 1.84 bits per heavy atom. The fraction of sp³-hybridized carbons (Fsp3) is 0.417. The summed E-state index contributed by atoms with van der Waals surface area (Å²) in [6.45, 7) is 6.34. The fourth-order valence-corrected chi connectivity index (χ4v) is 4.29. The second-order valence-electron chi connectivity index (χ2n) is 8.50. The SMILES string of the molecule is Cc1ccc(N2CC(C(=O)NCc3ccccc3N3CCN(C)CC3)CC2=O)c(F)c1. The summed E-state index contributed by atoms with van der Waals surface area (Å²) in [5.41, 5.74) is 3.24. The van der Waals surface area contributed by atoms with E-state index in [9.17, 15) is 14.0 Å². The van der Waals surface area contributed by atoms with E-state index < -0.39 is 11.7 Å². The quantitative estimate of drug-likeness (QED) is 0.802. The number of rotatable bonds is 5. The molecule has 164 valence electrons. The van der Waals surface area contributed by atoms with Gasteiger partial charge in [0.2, 0.25) is 11.8 Å². The van der Waals surface area contributed by atoms with Crippen LogP contribution in [0.1, 0.15) is 17.5 Å². The van der Waals surface area contributed by atoms with Crippen molar-refractivity contribution in [2.75, 3.05) is 49.6 Å². The van der Waals surface area contributed by atoms with Gasteiger partial charge in [0.25, 0.3) is 0 Å². The van der Waals surface area contributed by atoms with Crippen LogP contribution in [0, 0.1) is 18.7 Å². The average molecular weight is 425 g/mol. The van der Waals surface area contributed by atoms with Crippen LogP contribution in [0.25, 0.3) is 0 Å². The summed E-state index contributed by atoms with van der Waals surface area (Å²) in [4.78, 5) is 31.3. The Kier molecular flexibility index (Phi) is 6.23. The highest BCUT2D eigenvalue weighted by molar-refractivity contribution is 6.00. The summed E-state index contributed by atoms with van der Waals surface area (Å²) < 4.78 is 14.3. The number of nitrogens with one attached hydrogen (secondary N) is 1. The number of para-hydroxylation sites is 1. The van der Waals surface area contributed by atoms with Gasteiger partial charge in [-0.3, -0.25) is 9.59 Å². The van der Waals surface area contributed by atoms with Gasteiger partial charge >= 0.3 is 0 Å². The third kappa shape index (κ3) is 4.71. The zero-order valence-corrected chi connectivity index (χ0v) is 18.1. The number of carbonyl (C=O) groups excluding carboxylic acids is 2. The number of amides is 2. The van der Waals surface area contributed by atoms with E-state index in [1.807, 2.05) is 18.2 Å². The molecule has 31 heavy (non-hydrogen) atoms. The summed E-state index contributed by atoms with van der Waals surface area (Å²) in [5, 5.41) is 3.00. The predicted octanol–water partition coefficient (Wildman–Crippen LogP) is 2.56. The lowest BCUT2D eigenvalue weighted by Gasteiger charge is -2.35. The highest BCUT2D eigenvalue weighted by atomic mass is 19.1. The van der Waals surface area contributed by atoms with Crippen molar-refractivity contribution >= 4 is 23.2 Å². The van der Waals surface area contributed by atoms with Gasteiger partial charge in [0.1, 0.15) is 5.82 Å². The highest BCUT2D eigenvalue weighted by Gasteiger charge is 2.36. The molecule has 0 aromatic heterocycles. The number of anilines is 2. The Balaban J connectivity index is 1.39. The van der Waals surface area contributed by atoms with Crippen LogP contribution in [-0.2, 0) is 16.1 Å². The van der Waals surface area contributed by atoms with Crippen molar-refractivity contribution in [1.29, 1.82) is 0 Å². The van der Waals surface area contributed by atoms with Gasteiger partial charge in [-0.05, 0) is 43.3 Å². The zero-order valence-electron chi connectivity index (χ0n) is 18.1. The first-order chi connectivity index (χ1) is 14.9. The third-order valence-electron chi connectivity index (χ3n) is 6.18. The number of piperazine rings is 1. The van der Waals surface area contributed by atoms with Crippen LogP contribution < -0.4 is 15.1 Å². The number of nitrogens with zero attached hydrogens (tertiary/aromatic N) is 3. The molecule has 2 aliphatic rings. The average Bonchev–Trinajstić information content (AvgIpc) is 3.14. The number of hydrogen-bond donors (Lipinski definition) is 1. The molecular formula is C24H29FN4O2. The first-order valence-electron chi connectivity index (χ1n) is 10.8. The molecular weight excluding hydrogens is 395 g/mol. The molecule has 1 atom stereocenters. The van der Waals surface area contributed by atoms with Crippen LogP contribution in [-0.4, -0.2) is 56.5 Å². The van der Waals surface area contributed by atoms with E-state index >= 15 is 0 Å². The van der Waals surface area contributed by atoms with Crippen molar-refractivity contribution in [1.82, 2.24) is 10.2 Å². The number of halogens is 1. The second-order valence-corrected chi connectivity index (χ2v) is 8.50. The van der Waals surface area contributed by atoms with E-state index in [2.05, 4.69) is 28.2 Å². The summed E-state index contributed by atoms with van der Waals surface area (Å²) in [6, 6.07) is 12.9. The maximum atomic E-state index is 14.3. The van der Waals surface area contributed by atoms with Crippen molar-refractivity contribution in [3.8, 4) is 0 Å². The number of carbonyl (C=O) groups is 2. The van der Waals surface area contributed by atoms with Gasteiger partial charge in [-0.2, -0.15) is 0 Å². The molecule has 2 fully saturated rings. The molecule has 2 heterocycles. The Morgan fingerprint density at radius 3 is 2.58 bits per heavy atom. The lowest BCUT2D eigenvalue weighted by atomic mass is 10.1. The van der Waals surface area contributed by atoms with Gasteiger partial charge in [-0.25, -0.2) is 4.39 Å². The molecule has 1 N–H and O–H groups in total. The van der Waals surface area contributed by atoms with E-state index in [-0.39, 0.29) is 30.5 Å². The Hall–Kier alpha value is -2.93. The molecule has 2 amide bonds. The number of hydrogen-bond acceptors (Lipinski definition) is 4. The Bertz CT molecular complexity index is 972. The van der Waals surface area contributed by atoms with Gasteiger partial charge in [-0.1, -0.05) is 24.3 Å². The third-order valence-corrected chi connectivity index (χ3v) is 6.18. The van der Waals surface area contributed by atoms with Gasteiger partial charge in [-0.15, -0.1) is 0 Å². The lowest BCUT2D eigenvalue weighted by Crippen LogP contribution is -2.45. The molecule has 2 saturated heterocycles. The summed E-state index contributed by atoms with van der Waals surface area (Å²) in [5.74, 6) is -1.31. The molecule has 7 heteroatoms. The fourth-order valence-electron chi connectivity index (χ4n) is 4.29. The van der Waals surface area contributed by atoms with Crippen molar-refractivity contribution in [3.63, 3.8) is 0 Å². The van der Waals surface area contributed by atoms with E-state index in [1.165, 1.54) is 11.0 Å². The normalized spacial score (nSPS) is 19.7. The van der Waals surface area contributed by atoms with Crippen molar-refractivity contribution in [2.24, 2.45) is 5.92 Å². The van der Waals surface area contributed by atoms with Crippen LogP contribution in [0.4, 0.5) is 15.8 Å². The smallest absolute Gasteiger partial charge is 0.227 e. The van der Waals surface area contributed by atoms with E-state index in [0.29, 0.717) is 6.54 Å². The molecule has 1 unspecified atom stereocenters. The van der Waals surface area contributed by atoms with Crippen LogP contribution in [0.3, 0.4) is 0 Å². The summed E-state index contributed by atoms with van der Waals surface area (Å²) in [7, 11) is 2.12. The summed E-state index contributed by atoms with van der Waals surface area (Å²) >= 11 is 0. The summed E-state index contributed by atoms with van der Waals surface area (Å²) in [6.07, 6.45) is 0.0965. The topological polar surface area (TPSA) is 55.9 Å². The largest absolute Gasteiger partial charge is 0.369 e. The molecule has 6 nitrogen and oxygen atoms in total. The van der Waals surface area contributed by atoms with Crippen molar-refractivity contribution in [2.45, 2.75) is 19.9 Å². The standard InChI is InChI=1S/C24H29FN4O2/c1-17-7-8-22(20(25)13-17)29-16-19(14-23(29)30)24(31)26-15-18-5-3-4-6-21(18)28-11-9-27(2)10-12-28/h3-8,13,19H,9-12,14-16H2,1-2H3,(H,26,31). The number of aryl methyl sites for hydroxylation is 1. The zero-order chi connectivity index (χ0) is 22.0. The molecule has 2 aliphatic heterocycles. The van der Waals surface area contributed by atoms with Crippen LogP contribution >= 0.6 is 0 Å². The van der Waals surface area contributed by atoms with E-state index in [1.54, 1.807) is 19.1 Å². The second kappa shape index (κ2) is 9.06. The van der Waals surface area contributed by atoms with Gasteiger partial charge in [0, 0.05) is 51.4 Å². The molecule has 2 aromatic carbocycles. The molecule has 0 saturated carbocycles. The monoisotopic (exact) mass is 424 g/mol. The maximum absolute atomic E-state index is 14.3. The van der Waals surface area contributed by atoms with Crippen molar-refractivity contribution in [3.05, 3.63) is 59.4 Å².